The van der Waals surface area contributed by atoms with Crippen molar-refractivity contribution in [2.45, 2.75) is 4.21 Å². The Morgan fingerprint density at radius 1 is 1.25 bits per heavy atom. The van der Waals surface area contributed by atoms with Crippen molar-refractivity contribution < 1.29 is 13.2 Å². The maximum atomic E-state index is 12.2. The lowest BCUT2D eigenvalue weighted by molar-refractivity contribution is 0.412. The molecule has 0 bridgehead atoms. The molecule has 0 aliphatic heterocycles. The Balaban J connectivity index is 2.39. The number of ether oxygens (including phenoxy) is 1. The second-order valence-corrected chi connectivity index (χ2v) is 8.30. The van der Waals surface area contributed by atoms with E-state index >= 15 is 0 Å². The van der Waals surface area contributed by atoms with Crippen LogP contribution in [0.5, 0.6) is 5.75 Å². The maximum absolute atomic E-state index is 12.2. The van der Waals surface area contributed by atoms with E-state index in [1.54, 1.807) is 17.5 Å². The van der Waals surface area contributed by atoms with E-state index in [4.69, 9.17) is 10.5 Å². The van der Waals surface area contributed by atoms with Gasteiger partial charge >= 0.3 is 0 Å². The Bertz CT molecular complexity index is 744. The lowest BCUT2D eigenvalue weighted by atomic mass is 10.3. The van der Waals surface area contributed by atoms with Crippen molar-refractivity contribution >= 4 is 64.6 Å². The fourth-order valence-electron chi connectivity index (χ4n) is 1.43. The molecule has 2 aromatic rings. The summed E-state index contributed by atoms with van der Waals surface area (Å²) in [6.45, 7) is 0. The van der Waals surface area contributed by atoms with Crippen LogP contribution in [0.15, 0.2) is 36.7 Å². The summed E-state index contributed by atoms with van der Waals surface area (Å²) < 4.78 is 33.6. The molecule has 1 aromatic carbocycles. The number of hydrogen-bond acceptors (Lipinski definition) is 5. The lowest BCUT2D eigenvalue weighted by Gasteiger charge is -2.11. The van der Waals surface area contributed by atoms with Crippen molar-refractivity contribution in [1.29, 1.82) is 0 Å². The molecule has 1 aromatic heterocycles. The molecule has 0 amide bonds. The number of halogens is 2. The Labute approximate surface area is 137 Å². The van der Waals surface area contributed by atoms with E-state index in [2.05, 4.69) is 36.6 Å². The van der Waals surface area contributed by atoms with Crippen LogP contribution in [-0.4, -0.2) is 15.5 Å². The van der Waals surface area contributed by atoms with Gasteiger partial charge in [0.25, 0.3) is 10.0 Å². The standard InChI is InChI=1S/C11H10Br2N2O3S2/c1-18-10-4-9(7(12)3-8(10)13)15-20(16,17)11-2-6(14)5-19-11/h2-5,15H,14H2,1H3. The van der Waals surface area contributed by atoms with E-state index in [9.17, 15) is 8.42 Å². The molecule has 0 atom stereocenters. The first-order valence-corrected chi connectivity index (χ1v) is 9.18. The third kappa shape index (κ3) is 3.27. The van der Waals surface area contributed by atoms with E-state index < -0.39 is 10.0 Å². The minimum absolute atomic E-state index is 0.156. The van der Waals surface area contributed by atoms with Crippen LogP contribution >= 0.6 is 43.2 Å². The van der Waals surface area contributed by atoms with E-state index in [0.29, 0.717) is 21.6 Å². The first-order valence-electron chi connectivity index (χ1n) is 5.23. The highest BCUT2D eigenvalue weighted by molar-refractivity contribution is 9.11. The number of nitrogens with one attached hydrogen (secondary N) is 1. The van der Waals surface area contributed by atoms with Gasteiger partial charge in [0.15, 0.2) is 0 Å². The average Bonchev–Trinajstić information content (AvgIpc) is 2.80. The Hall–Kier alpha value is -0.770. The highest BCUT2D eigenvalue weighted by atomic mass is 79.9. The van der Waals surface area contributed by atoms with Crippen LogP contribution in [-0.2, 0) is 10.0 Å². The third-order valence-electron chi connectivity index (χ3n) is 2.35. The fraction of sp³-hybridized carbons (Fsp3) is 0.0909. The molecule has 0 spiro atoms. The summed E-state index contributed by atoms with van der Waals surface area (Å²) in [5, 5.41) is 1.58. The monoisotopic (exact) mass is 440 g/mol. The summed E-state index contributed by atoms with van der Waals surface area (Å²) >= 11 is 7.69. The second-order valence-electron chi connectivity index (χ2n) is 3.77. The van der Waals surface area contributed by atoms with Gasteiger partial charge in [-0.2, -0.15) is 0 Å². The Kier molecular flexibility index (Phi) is 4.62. The quantitative estimate of drug-likeness (QED) is 0.758. The molecule has 0 radical (unpaired) electrons. The van der Waals surface area contributed by atoms with Crippen molar-refractivity contribution in [3.8, 4) is 5.75 Å². The van der Waals surface area contributed by atoms with Gasteiger partial charge in [0.2, 0.25) is 0 Å². The predicted octanol–water partition coefficient (Wildman–Crippen LogP) is 3.66. The molecule has 20 heavy (non-hydrogen) atoms. The average molecular weight is 442 g/mol. The molecule has 5 nitrogen and oxygen atoms in total. The van der Waals surface area contributed by atoms with Gasteiger partial charge in [-0.25, -0.2) is 8.42 Å². The molecule has 9 heteroatoms. The van der Waals surface area contributed by atoms with Crippen LogP contribution < -0.4 is 15.2 Å². The zero-order valence-corrected chi connectivity index (χ0v) is 15.0. The maximum Gasteiger partial charge on any atom is 0.271 e. The highest BCUT2D eigenvalue weighted by Crippen LogP contribution is 2.36. The van der Waals surface area contributed by atoms with Crippen molar-refractivity contribution in [2.75, 3.05) is 17.6 Å². The number of methoxy groups -OCH3 is 1. The fourth-order valence-corrected chi connectivity index (χ4v) is 4.97. The number of sulfonamides is 1. The summed E-state index contributed by atoms with van der Waals surface area (Å²) in [6, 6.07) is 4.71. The van der Waals surface area contributed by atoms with Crippen LogP contribution in [0.2, 0.25) is 0 Å². The number of anilines is 2. The summed E-state index contributed by atoms with van der Waals surface area (Å²) in [7, 11) is -2.16. The van der Waals surface area contributed by atoms with Gasteiger partial charge in [-0.15, -0.1) is 11.3 Å². The van der Waals surface area contributed by atoms with Gasteiger partial charge in [0.1, 0.15) is 9.96 Å². The van der Waals surface area contributed by atoms with Gasteiger partial charge in [-0.05, 0) is 44.0 Å². The molecular formula is C11H10Br2N2O3S2. The van der Waals surface area contributed by atoms with Crippen LogP contribution in [0.25, 0.3) is 0 Å². The summed E-state index contributed by atoms with van der Waals surface area (Å²) in [5.74, 6) is 0.525. The van der Waals surface area contributed by atoms with Gasteiger partial charge in [0.05, 0.1) is 17.3 Å². The first-order chi connectivity index (χ1) is 9.33. The molecule has 1 heterocycles. The third-order valence-corrected chi connectivity index (χ3v) is 6.45. The van der Waals surface area contributed by atoms with Crippen LogP contribution in [0, 0.1) is 0 Å². The smallest absolute Gasteiger partial charge is 0.271 e. The van der Waals surface area contributed by atoms with Crippen LogP contribution in [0.1, 0.15) is 0 Å². The first kappa shape index (κ1) is 15.6. The SMILES string of the molecule is COc1cc(NS(=O)(=O)c2cc(N)cs2)c(Br)cc1Br. The summed E-state index contributed by atoms with van der Waals surface area (Å²) in [4.78, 5) is 0. The second kappa shape index (κ2) is 5.92. The zero-order chi connectivity index (χ0) is 14.9. The number of benzene rings is 1. The van der Waals surface area contributed by atoms with Gasteiger partial charge in [-0.3, -0.25) is 4.72 Å². The van der Waals surface area contributed by atoms with Gasteiger partial charge in [-0.1, -0.05) is 0 Å². The molecular weight excluding hydrogens is 432 g/mol. The largest absolute Gasteiger partial charge is 0.495 e. The number of nitrogens with two attached hydrogens (primary N) is 1. The number of hydrogen-bond donors (Lipinski definition) is 2. The van der Waals surface area contributed by atoms with Crippen molar-refractivity contribution in [3.63, 3.8) is 0 Å². The molecule has 108 valence electrons. The number of rotatable bonds is 4. The normalized spacial score (nSPS) is 11.3. The Morgan fingerprint density at radius 3 is 2.50 bits per heavy atom. The van der Waals surface area contributed by atoms with Crippen LogP contribution in [0.3, 0.4) is 0 Å². The highest BCUT2D eigenvalue weighted by Gasteiger charge is 2.19. The van der Waals surface area contributed by atoms with E-state index in [1.165, 1.54) is 13.2 Å². The molecule has 0 unspecified atom stereocenters. The molecule has 0 aliphatic carbocycles. The van der Waals surface area contributed by atoms with Crippen molar-refractivity contribution in [3.05, 3.63) is 32.5 Å². The number of nitrogen functional groups attached to an aromatic ring is 1. The van der Waals surface area contributed by atoms with Crippen LogP contribution in [0.4, 0.5) is 11.4 Å². The zero-order valence-electron chi connectivity index (χ0n) is 10.2. The van der Waals surface area contributed by atoms with Gasteiger partial charge in [0, 0.05) is 21.6 Å². The minimum atomic E-state index is -3.67. The predicted molar refractivity (Wildman–Crippen MR) is 87.9 cm³/mol. The molecule has 0 aliphatic rings. The van der Waals surface area contributed by atoms with E-state index in [1.807, 2.05) is 0 Å². The molecule has 0 fully saturated rings. The van der Waals surface area contributed by atoms with Gasteiger partial charge < -0.3 is 10.5 Å². The minimum Gasteiger partial charge on any atom is -0.495 e. The van der Waals surface area contributed by atoms with Crippen molar-refractivity contribution in [1.82, 2.24) is 0 Å². The molecule has 0 saturated heterocycles. The van der Waals surface area contributed by atoms with E-state index in [0.717, 1.165) is 15.8 Å². The molecule has 3 N–H and O–H groups in total. The number of thiophene rings is 1. The Morgan fingerprint density at radius 2 is 1.95 bits per heavy atom. The topological polar surface area (TPSA) is 81.4 Å². The summed E-state index contributed by atoms with van der Waals surface area (Å²) in [6.07, 6.45) is 0. The van der Waals surface area contributed by atoms with E-state index in [-0.39, 0.29) is 4.21 Å². The summed E-state index contributed by atoms with van der Waals surface area (Å²) in [5.41, 5.74) is 6.35. The van der Waals surface area contributed by atoms with Crippen molar-refractivity contribution in [2.24, 2.45) is 0 Å². The lowest BCUT2D eigenvalue weighted by Crippen LogP contribution is -2.12. The molecule has 2 rings (SSSR count). The molecule has 0 saturated carbocycles.